The van der Waals surface area contributed by atoms with Crippen LogP contribution >= 0.6 is 15.9 Å². The molecule has 1 amide bonds. The lowest BCUT2D eigenvalue weighted by molar-refractivity contribution is 0.0950. The van der Waals surface area contributed by atoms with Gasteiger partial charge in [-0.25, -0.2) is 0 Å². The minimum atomic E-state index is -0.110. The summed E-state index contributed by atoms with van der Waals surface area (Å²) in [6, 6.07) is 13.1. The number of carbonyl (C=O) groups is 1. The lowest BCUT2D eigenvalue weighted by Crippen LogP contribution is -2.23. The molecule has 1 aromatic heterocycles. The summed E-state index contributed by atoms with van der Waals surface area (Å²) in [5.41, 5.74) is 3.28. The van der Waals surface area contributed by atoms with E-state index in [-0.39, 0.29) is 5.91 Å². The van der Waals surface area contributed by atoms with Crippen LogP contribution in [0.3, 0.4) is 0 Å². The molecule has 0 atom stereocenters. The van der Waals surface area contributed by atoms with E-state index >= 15 is 0 Å². The highest BCUT2D eigenvalue weighted by atomic mass is 79.9. The summed E-state index contributed by atoms with van der Waals surface area (Å²) >= 11 is 3.38. The van der Waals surface area contributed by atoms with Crippen LogP contribution in [0, 0.1) is 0 Å². The van der Waals surface area contributed by atoms with Gasteiger partial charge < -0.3 is 5.32 Å². The molecule has 21 heavy (non-hydrogen) atoms. The summed E-state index contributed by atoms with van der Waals surface area (Å²) in [7, 11) is 0. The number of nitrogens with zero attached hydrogens (tertiary/aromatic N) is 2. The van der Waals surface area contributed by atoms with Crippen LogP contribution in [0.15, 0.2) is 59.3 Å². The second-order valence-electron chi connectivity index (χ2n) is 4.54. The number of nitrogens with one attached hydrogen (secondary N) is 1. The number of benzene rings is 2. The topological polar surface area (TPSA) is 54.9 Å². The van der Waals surface area contributed by atoms with Crippen molar-refractivity contribution in [3.05, 3.63) is 70.5 Å². The van der Waals surface area contributed by atoms with E-state index in [9.17, 15) is 4.79 Å². The smallest absolute Gasteiger partial charge is 0.252 e. The molecule has 0 bridgehead atoms. The quantitative estimate of drug-likeness (QED) is 0.794. The van der Waals surface area contributed by atoms with Gasteiger partial charge in [-0.1, -0.05) is 18.2 Å². The first kappa shape index (κ1) is 13.7. The van der Waals surface area contributed by atoms with Crippen LogP contribution in [0.2, 0.25) is 0 Å². The lowest BCUT2D eigenvalue weighted by atomic mass is 10.1. The second-order valence-corrected chi connectivity index (χ2v) is 5.40. The first-order valence-corrected chi connectivity index (χ1v) is 7.26. The predicted octanol–water partition coefficient (Wildman–Crippen LogP) is 3.32. The molecule has 2 aromatic carbocycles. The van der Waals surface area contributed by atoms with E-state index in [0.29, 0.717) is 12.1 Å². The van der Waals surface area contributed by atoms with Gasteiger partial charge in [0.1, 0.15) is 0 Å². The van der Waals surface area contributed by atoms with Crippen LogP contribution in [0.4, 0.5) is 0 Å². The molecule has 4 nitrogen and oxygen atoms in total. The van der Waals surface area contributed by atoms with Crippen molar-refractivity contribution in [2.45, 2.75) is 6.54 Å². The number of amides is 1. The zero-order valence-corrected chi connectivity index (χ0v) is 12.7. The summed E-state index contributed by atoms with van der Waals surface area (Å²) in [5, 5.41) is 2.90. The fourth-order valence-corrected chi connectivity index (χ4v) is 2.51. The van der Waals surface area contributed by atoms with E-state index in [0.717, 1.165) is 21.1 Å². The molecule has 1 heterocycles. The molecule has 5 heteroatoms. The third kappa shape index (κ3) is 3.08. The fraction of sp³-hybridized carbons (Fsp3) is 0.0625. The van der Waals surface area contributed by atoms with Gasteiger partial charge in [-0.05, 0) is 45.8 Å². The third-order valence-electron chi connectivity index (χ3n) is 3.11. The lowest BCUT2D eigenvalue weighted by Gasteiger charge is -2.07. The van der Waals surface area contributed by atoms with E-state index in [2.05, 4.69) is 31.2 Å². The molecule has 0 aliphatic carbocycles. The molecule has 0 unspecified atom stereocenters. The molecule has 3 rings (SSSR count). The van der Waals surface area contributed by atoms with Crippen molar-refractivity contribution in [2.75, 3.05) is 0 Å². The highest BCUT2D eigenvalue weighted by Crippen LogP contribution is 2.16. The Kier molecular flexibility index (Phi) is 3.92. The van der Waals surface area contributed by atoms with Gasteiger partial charge in [-0.3, -0.25) is 14.8 Å². The van der Waals surface area contributed by atoms with E-state index in [1.165, 1.54) is 0 Å². The van der Waals surface area contributed by atoms with Crippen molar-refractivity contribution < 1.29 is 4.79 Å². The maximum atomic E-state index is 12.1. The SMILES string of the molecule is O=C(NCc1ccc2nccnc2c1)c1ccccc1Br. The first-order chi connectivity index (χ1) is 10.2. The number of hydrogen-bond acceptors (Lipinski definition) is 3. The van der Waals surface area contributed by atoms with E-state index in [1.54, 1.807) is 18.5 Å². The monoisotopic (exact) mass is 341 g/mol. The zero-order valence-electron chi connectivity index (χ0n) is 11.1. The standard InChI is InChI=1S/C16H12BrN3O/c17-13-4-2-1-3-12(13)16(21)20-10-11-5-6-14-15(9-11)19-8-7-18-14/h1-9H,10H2,(H,20,21). The Balaban J connectivity index is 1.74. The van der Waals surface area contributed by atoms with Crippen molar-refractivity contribution >= 4 is 32.9 Å². The van der Waals surface area contributed by atoms with Crippen molar-refractivity contribution in [1.29, 1.82) is 0 Å². The zero-order chi connectivity index (χ0) is 14.7. The number of hydrogen-bond donors (Lipinski definition) is 1. The molecule has 0 radical (unpaired) electrons. The largest absolute Gasteiger partial charge is 0.348 e. The van der Waals surface area contributed by atoms with Gasteiger partial charge in [-0.2, -0.15) is 0 Å². The Morgan fingerprint density at radius 3 is 2.62 bits per heavy atom. The Morgan fingerprint density at radius 1 is 1.05 bits per heavy atom. The van der Waals surface area contributed by atoms with Crippen LogP contribution in [0.5, 0.6) is 0 Å². The fourth-order valence-electron chi connectivity index (χ4n) is 2.04. The first-order valence-electron chi connectivity index (χ1n) is 6.46. The van der Waals surface area contributed by atoms with Gasteiger partial charge in [0.25, 0.3) is 5.91 Å². The third-order valence-corrected chi connectivity index (χ3v) is 3.80. The molecule has 3 aromatic rings. The molecular weight excluding hydrogens is 330 g/mol. The van der Waals surface area contributed by atoms with Crippen LogP contribution < -0.4 is 5.32 Å². The summed E-state index contributed by atoms with van der Waals surface area (Å²) in [4.78, 5) is 20.6. The second kappa shape index (κ2) is 6.01. The van der Waals surface area contributed by atoms with E-state index < -0.39 is 0 Å². The Morgan fingerprint density at radius 2 is 1.81 bits per heavy atom. The number of carbonyl (C=O) groups excluding carboxylic acids is 1. The number of rotatable bonds is 3. The highest BCUT2D eigenvalue weighted by molar-refractivity contribution is 9.10. The van der Waals surface area contributed by atoms with Gasteiger partial charge >= 0.3 is 0 Å². The van der Waals surface area contributed by atoms with Gasteiger partial charge in [0.05, 0.1) is 16.6 Å². The Labute approximate surface area is 130 Å². The average molecular weight is 342 g/mol. The molecular formula is C16H12BrN3O. The predicted molar refractivity (Wildman–Crippen MR) is 84.9 cm³/mol. The molecule has 1 N–H and O–H groups in total. The van der Waals surface area contributed by atoms with Crippen molar-refractivity contribution in [2.24, 2.45) is 0 Å². The summed E-state index contributed by atoms with van der Waals surface area (Å²) < 4.78 is 0.784. The van der Waals surface area contributed by atoms with Gasteiger partial charge in [-0.15, -0.1) is 0 Å². The van der Waals surface area contributed by atoms with E-state index in [1.807, 2.05) is 36.4 Å². The average Bonchev–Trinajstić information content (AvgIpc) is 2.53. The molecule has 0 saturated heterocycles. The highest BCUT2D eigenvalue weighted by Gasteiger charge is 2.08. The number of fused-ring (bicyclic) bond motifs is 1. The maximum Gasteiger partial charge on any atom is 0.252 e. The van der Waals surface area contributed by atoms with Crippen molar-refractivity contribution in [3.8, 4) is 0 Å². The van der Waals surface area contributed by atoms with Crippen LogP contribution in [0.25, 0.3) is 11.0 Å². The molecule has 0 saturated carbocycles. The van der Waals surface area contributed by atoms with Crippen molar-refractivity contribution in [3.63, 3.8) is 0 Å². The number of aromatic nitrogens is 2. The maximum absolute atomic E-state index is 12.1. The van der Waals surface area contributed by atoms with Crippen LogP contribution in [-0.2, 0) is 6.54 Å². The Bertz CT molecular complexity index is 804. The summed E-state index contributed by atoms with van der Waals surface area (Å²) in [6.45, 7) is 0.451. The number of halogens is 1. The van der Waals surface area contributed by atoms with Gasteiger partial charge in [0.15, 0.2) is 0 Å². The molecule has 0 fully saturated rings. The normalized spacial score (nSPS) is 10.5. The van der Waals surface area contributed by atoms with Crippen molar-refractivity contribution in [1.82, 2.24) is 15.3 Å². The molecule has 0 aliphatic heterocycles. The van der Waals surface area contributed by atoms with Gasteiger partial charge in [0, 0.05) is 23.4 Å². The molecule has 0 aliphatic rings. The van der Waals surface area contributed by atoms with Crippen LogP contribution in [-0.4, -0.2) is 15.9 Å². The minimum Gasteiger partial charge on any atom is -0.348 e. The molecule has 0 spiro atoms. The minimum absolute atomic E-state index is 0.110. The summed E-state index contributed by atoms with van der Waals surface area (Å²) in [5.74, 6) is -0.110. The van der Waals surface area contributed by atoms with E-state index in [4.69, 9.17) is 0 Å². The summed E-state index contributed by atoms with van der Waals surface area (Å²) in [6.07, 6.45) is 3.32. The Hall–Kier alpha value is -2.27. The van der Waals surface area contributed by atoms with Gasteiger partial charge in [0.2, 0.25) is 0 Å². The molecule has 104 valence electrons. The van der Waals surface area contributed by atoms with Crippen LogP contribution in [0.1, 0.15) is 15.9 Å².